The van der Waals surface area contributed by atoms with Crippen LogP contribution in [0.4, 0.5) is 0 Å². The van der Waals surface area contributed by atoms with E-state index in [-0.39, 0.29) is 25.2 Å². The predicted molar refractivity (Wildman–Crippen MR) is 68.5 cm³/mol. The fourth-order valence-corrected chi connectivity index (χ4v) is 1.60. The van der Waals surface area contributed by atoms with Gasteiger partial charge in [-0.3, -0.25) is 9.59 Å². The first-order valence-corrected chi connectivity index (χ1v) is 6.30. The molecule has 0 saturated heterocycles. The number of nitrogens with one attached hydrogen (secondary N) is 1. The lowest BCUT2D eigenvalue weighted by molar-refractivity contribution is -0.143. The number of aliphatic carboxylic acids is 2. The number of hydrogen-bond donors (Lipinski definition) is 4. The molecule has 1 amide bonds. The minimum atomic E-state index is -1.22. The smallest absolute Gasteiger partial charge is 0.326 e. The molecule has 0 fully saturated rings. The molecule has 0 aromatic heterocycles. The fraction of sp³-hybridized carbons (Fsp3) is 0.750. The summed E-state index contributed by atoms with van der Waals surface area (Å²) < 4.78 is 0. The summed E-state index contributed by atoms with van der Waals surface area (Å²) in [7, 11) is 0. The van der Waals surface area contributed by atoms with E-state index in [9.17, 15) is 14.4 Å². The number of rotatable bonds is 10. The Morgan fingerprint density at radius 2 is 1.74 bits per heavy atom. The third-order valence-corrected chi connectivity index (χ3v) is 2.80. The molecule has 0 heterocycles. The van der Waals surface area contributed by atoms with Crippen LogP contribution in [0.2, 0.25) is 0 Å². The van der Waals surface area contributed by atoms with Gasteiger partial charge in [0.15, 0.2) is 0 Å². The van der Waals surface area contributed by atoms with Gasteiger partial charge in [0.2, 0.25) is 5.91 Å². The lowest BCUT2D eigenvalue weighted by Gasteiger charge is -2.14. The second kappa shape index (κ2) is 9.32. The van der Waals surface area contributed by atoms with E-state index in [1.54, 1.807) is 0 Å². The zero-order valence-electron chi connectivity index (χ0n) is 11.1. The molecule has 0 radical (unpaired) electrons. The molecule has 0 aliphatic heterocycles. The summed E-state index contributed by atoms with van der Waals surface area (Å²) in [6.45, 7) is 2.53. The molecule has 0 aromatic rings. The van der Waals surface area contributed by atoms with Crippen molar-refractivity contribution in [2.45, 2.75) is 45.1 Å². The van der Waals surface area contributed by atoms with E-state index in [0.717, 1.165) is 6.42 Å². The molecule has 2 atom stereocenters. The second-order valence-corrected chi connectivity index (χ2v) is 4.61. The fourth-order valence-electron chi connectivity index (χ4n) is 1.60. The van der Waals surface area contributed by atoms with Crippen molar-refractivity contribution in [1.29, 1.82) is 0 Å². The highest BCUT2D eigenvalue weighted by Crippen LogP contribution is 2.09. The molecule has 0 aliphatic rings. The van der Waals surface area contributed by atoms with Crippen molar-refractivity contribution in [3.8, 4) is 0 Å². The number of carboxylic acids is 2. The maximum atomic E-state index is 11.6. The quantitative estimate of drug-likeness (QED) is 0.450. The predicted octanol–water partition coefficient (Wildman–Crippen LogP) is 0.186. The monoisotopic (exact) mass is 274 g/mol. The molecule has 0 saturated carbocycles. The molecule has 0 aromatic carbocycles. The third-order valence-electron chi connectivity index (χ3n) is 2.80. The second-order valence-electron chi connectivity index (χ2n) is 4.61. The van der Waals surface area contributed by atoms with Crippen molar-refractivity contribution in [3.05, 3.63) is 0 Å². The summed E-state index contributed by atoms with van der Waals surface area (Å²) in [5.74, 6) is -2.37. The van der Waals surface area contributed by atoms with Crippen LogP contribution in [0.5, 0.6) is 0 Å². The number of carboxylic acid groups (broad SMARTS) is 2. The van der Waals surface area contributed by atoms with E-state index < -0.39 is 18.0 Å². The van der Waals surface area contributed by atoms with E-state index >= 15 is 0 Å². The van der Waals surface area contributed by atoms with Crippen LogP contribution in [0.1, 0.15) is 39.0 Å². The van der Waals surface area contributed by atoms with Crippen molar-refractivity contribution < 1.29 is 24.6 Å². The number of hydrogen-bond acceptors (Lipinski definition) is 4. The van der Waals surface area contributed by atoms with Crippen molar-refractivity contribution >= 4 is 17.8 Å². The van der Waals surface area contributed by atoms with Crippen LogP contribution in [0.3, 0.4) is 0 Å². The van der Waals surface area contributed by atoms with E-state index in [0.29, 0.717) is 18.9 Å². The molecular weight excluding hydrogens is 252 g/mol. The van der Waals surface area contributed by atoms with Gasteiger partial charge in [-0.1, -0.05) is 6.92 Å². The zero-order chi connectivity index (χ0) is 14.8. The van der Waals surface area contributed by atoms with E-state index in [1.807, 2.05) is 6.92 Å². The molecule has 7 nitrogen and oxygen atoms in total. The minimum Gasteiger partial charge on any atom is -0.481 e. The number of nitrogens with two attached hydrogens (primary N) is 1. The van der Waals surface area contributed by atoms with Gasteiger partial charge in [0.25, 0.3) is 0 Å². The van der Waals surface area contributed by atoms with Crippen LogP contribution in [-0.2, 0) is 14.4 Å². The van der Waals surface area contributed by atoms with Gasteiger partial charge in [0.1, 0.15) is 6.04 Å². The average molecular weight is 274 g/mol. The average Bonchev–Trinajstić information content (AvgIpc) is 2.31. The van der Waals surface area contributed by atoms with Gasteiger partial charge in [-0.05, 0) is 31.7 Å². The van der Waals surface area contributed by atoms with Gasteiger partial charge >= 0.3 is 11.9 Å². The molecule has 0 spiro atoms. The Bertz CT molecular complexity index is 319. The van der Waals surface area contributed by atoms with E-state index in [4.69, 9.17) is 15.9 Å². The summed E-state index contributed by atoms with van der Waals surface area (Å²) >= 11 is 0. The molecular formula is C12H22N2O5. The van der Waals surface area contributed by atoms with Crippen LogP contribution in [0, 0.1) is 5.92 Å². The molecule has 0 bridgehead atoms. The first kappa shape index (κ1) is 17.4. The molecule has 0 rings (SSSR count). The Morgan fingerprint density at radius 3 is 2.21 bits per heavy atom. The number of carbonyl (C=O) groups is 3. The summed E-state index contributed by atoms with van der Waals surface area (Å²) in [6, 6.07) is -1.14. The standard InChI is InChI=1S/C12H22N2O5/c1-8(6-7-13)2-4-10(15)14-9(12(18)19)3-5-11(16)17/h8-9H,2-7,13H2,1H3,(H,14,15)(H,16,17)(H,18,19). The van der Waals surface area contributed by atoms with Crippen molar-refractivity contribution in [2.24, 2.45) is 11.7 Å². The van der Waals surface area contributed by atoms with Crippen LogP contribution >= 0.6 is 0 Å². The van der Waals surface area contributed by atoms with Gasteiger partial charge in [0.05, 0.1) is 0 Å². The van der Waals surface area contributed by atoms with Crippen LogP contribution in [-0.4, -0.2) is 40.6 Å². The maximum absolute atomic E-state index is 11.6. The largest absolute Gasteiger partial charge is 0.481 e. The van der Waals surface area contributed by atoms with Crippen molar-refractivity contribution in [1.82, 2.24) is 5.32 Å². The maximum Gasteiger partial charge on any atom is 0.326 e. The lowest BCUT2D eigenvalue weighted by Crippen LogP contribution is -2.41. The normalized spacial score (nSPS) is 13.6. The van der Waals surface area contributed by atoms with Crippen LogP contribution in [0.25, 0.3) is 0 Å². The van der Waals surface area contributed by atoms with Gasteiger partial charge in [-0.25, -0.2) is 4.79 Å². The lowest BCUT2D eigenvalue weighted by atomic mass is 10.0. The summed E-state index contributed by atoms with van der Waals surface area (Å²) in [6.07, 6.45) is 1.26. The van der Waals surface area contributed by atoms with E-state index in [1.165, 1.54) is 0 Å². The molecule has 2 unspecified atom stereocenters. The third kappa shape index (κ3) is 9.01. The number of amides is 1. The topological polar surface area (TPSA) is 130 Å². The number of carbonyl (C=O) groups excluding carboxylic acids is 1. The van der Waals surface area contributed by atoms with Gasteiger partial charge < -0.3 is 21.3 Å². The first-order valence-electron chi connectivity index (χ1n) is 6.30. The zero-order valence-corrected chi connectivity index (χ0v) is 11.1. The van der Waals surface area contributed by atoms with E-state index in [2.05, 4.69) is 5.32 Å². The Hall–Kier alpha value is -1.63. The highest BCUT2D eigenvalue weighted by Gasteiger charge is 2.20. The minimum absolute atomic E-state index is 0.116. The highest BCUT2D eigenvalue weighted by atomic mass is 16.4. The Labute approximate surface area is 112 Å². The van der Waals surface area contributed by atoms with Crippen molar-refractivity contribution in [2.75, 3.05) is 6.54 Å². The molecule has 7 heteroatoms. The SMILES string of the molecule is CC(CCN)CCC(=O)NC(CCC(=O)O)C(=O)O. The molecule has 110 valence electrons. The summed E-state index contributed by atoms with van der Waals surface area (Å²) in [5, 5.41) is 19.7. The molecule has 0 aliphatic carbocycles. The van der Waals surface area contributed by atoms with Crippen molar-refractivity contribution in [3.63, 3.8) is 0 Å². The summed E-state index contributed by atoms with van der Waals surface area (Å²) in [4.78, 5) is 32.8. The summed E-state index contributed by atoms with van der Waals surface area (Å²) in [5.41, 5.74) is 5.39. The Balaban J connectivity index is 4.10. The van der Waals surface area contributed by atoms with Crippen LogP contribution < -0.4 is 11.1 Å². The molecule has 19 heavy (non-hydrogen) atoms. The Morgan fingerprint density at radius 1 is 1.11 bits per heavy atom. The van der Waals surface area contributed by atoms with Gasteiger partial charge in [-0.2, -0.15) is 0 Å². The Kier molecular flexibility index (Phi) is 8.52. The van der Waals surface area contributed by atoms with Gasteiger partial charge in [0, 0.05) is 12.8 Å². The highest BCUT2D eigenvalue weighted by molar-refractivity contribution is 5.83. The molecule has 5 N–H and O–H groups in total. The van der Waals surface area contributed by atoms with Crippen LogP contribution in [0.15, 0.2) is 0 Å². The van der Waals surface area contributed by atoms with Gasteiger partial charge in [-0.15, -0.1) is 0 Å². The first-order chi connectivity index (χ1) is 8.86.